The van der Waals surface area contributed by atoms with E-state index in [9.17, 15) is 9.90 Å². The maximum atomic E-state index is 12.1. The Hall–Kier alpha value is -2.29. The first-order valence-corrected chi connectivity index (χ1v) is 6.87. The number of carbonyl (C=O) groups excluding carboxylic acids is 1. The van der Waals surface area contributed by atoms with E-state index in [1.165, 1.54) is 5.56 Å². The highest BCUT2D eigenvalue weighted by atomic mass is 16.3. The quantitative estimate of drug-likeness (QED) is 0.893. The van der Waals surface area contributed by atoms with Gasteiger partial charge in [-0.25, -0.2) is 0 Å². The topological polar surface area (TPSA) is 49.3 Å². The first kappa shape index (κ1) is 12.7. The molecule has 102 valence electrons. The number of carbonyl (C=O) groups is 1. The average molecular weight is 267 g/mol. The molecule has 3 nitrogen and oxygen atoms in total. The second-order valence-corrected chi connectivity index (χ2v) is 5.16. The molecule has 0 radical (unpaired) electrons. The molecule has 1 atom stereocenters. The Balaban J connectivity index is 1.50. The molecule has 0 saturated heterocycles. The molecule has 0 aromatic heterocycles. The van der Waals surface area contributed by atoms with Gasteiger partial charge in [-0.1, -0.05) is 36.4 Å². The third kappa shape index (κ3) is 2.52. The van der Waals surface area contributed by atoms with Gasteiger partial charge >= 0.3 is 0 Å². The maximum absolute atomic E-state index is 12.1. The van der Waals surface area contributed by atoms with E-state index in [0.29, 0.717) is 6.54 Å². The lowest BCUT2D eigenvalue weighted by atomic mass is 9.77. The minimum Gasteiger partial charge on any atom is -0.508 e. The fourth-order valence-corrected chi connectivity index (χ4v) is 2.61. The summed E-state index contributed by atoms with van der Waals surface area (Å²) in [6, 6.07) is 15.2. The predicted molar refractivity (Wildman–Crippen MR) is 77.7 cm³/mol. The fraction of sp³-hybridized carbons (Fsp3) is 0.235. The van der Waals surface area contributed by atoms with Crippen molar-refractivity contribution in [1.29, 1.82) is 0 Å². The van der Waals surface area contributed by atoms with Crippen molar-refractivity contribution in [1.82, 2.24) is 5.32 Å². The molecule has 0 aliphatic heterocycles. The predicted octanol–water partition coefficient (Wildman–Crippen LogP) is 2.39. The SMILES string of the molecule is O=C(NCCc1ccc(O)cc1)C1Cc2ccccc21. The molecule has 1 aliphatic carbocycles. The van der Waals surface area contributed by atoms with Crippen LogP contribution in [0.4, 0.5) is 0 Å². The highest BCUT2D eigenvalue weighted by Crippen LogP contribution is 2.34. The van der Waals surface area contributed by atoms with Crippen molar-refractivity contribution < 1.29 is 9.90 Å². The summed E-state index contributed by atoms with van der Waals surface area (Å²) in [5.74, 6) is 0.400. The van der Waals surface area contributed by atoms with Crippen molar-refractivity contribution in [2.45, 2.75) is 18.8 Å². The minimum atomic E-state index is 0.0195. The number of aromatic hydroxyl groups is 1. The number of hydrogen-bond donors (Lipinski definition) is 2. The third-order valence-corrected chi connectivity index (χ3v) is 3.82. The Bertz CT molecular complexity index is 619. The van der Waals surface area contributed by atoms with E-state index < -0.39 is 0 Å². The molecular weight excluding hydrogens is 250 g/mol. The molecule has 20 heavy (non-hydrogen) atoms. The molecule has 0 bridgehead atoms. The highest BCUT2D eigenvalue weighted by Gasteiger charge is 2.31. The molecule has 0 spiro atoms. The summed E-state index contributed by atoms with van der Waals surface area (Å²) >= 11 is 0. The standard InChI is InChI=1S/C17H17NO2/c19-14-7-5-12(6-8-14)9-10-18-17(20)16-11-13-3-1-2-4-15(13)16/h1-8,16,19H,9-11H2,(H,18,20). The largest absolute Gasteiger partial charge is 0.508 e. The molecule has 2 aromatic carbocycles. The zero-order valence-corrected chi connectivity index (χ0v) is 11.2. The summed E-state index contributed by atoms with van der Waals surface area (Å²) in [5.41, 5.74) is 3.55. The van der Waals surface area contributed by atoms with Crippen molar-refractivity contribution in [3.63, 3.8) is 0 Å². The van der Waals surface area contributed by atoms with E-state index >= 15 is 0 Å². The van der Waals surface area contributed by atoms with Gasteiger partial charge in [0.1, 0.15) is 5.75 Å². The van der Waals surface area contributed by atoms with Gasteiger partial charge in [0.25, 0.3) is 0 Å². The van der Waals surface area contributed by atoms with Gasteiger partial charge in [-0.05, 0) is 41.7 Å². The van der Waals surface area contributed by atoms with Gasteiger partial charge in [0, 0.05) is 6.54 Å². The second-order valence-electron chi connectivity index (χ2n) is 5.16. The molecule has 0 fully saturated rings. The van der Waals surface area contributed by atoms with Crippen LogP contribution in [0.15, 0.2) is 48.5 Å². The number of phenolic OH excluding ortho intramolecular Hbond substituents is 1. The average Bonchev–Trinajstić information content (AvgIpc) is 2.42. The van der Waals surface area contributed by atoms with Gasteiger partial charge < -0.3 is 10.4 Å². The smallest absolute Gasteiger partial charge is 0.227 e. The van der Waals surface area contributed by atoms with Crippen molar-refractivity contribution in [3.05, 3.63) is 65.2 Å². The molecular formula is C17H17NO2. The van der Waals surface area contributed by atoms with E-state index in [0.717, 1.165) is 24.0 Å². The Morgan fingerprint density at radius 2 is 1.90 bits per heavy atom. The van der Waals surface area contributed by atoms with Crippen molar-refractivity contribution in [2.24, 2.45) is 0 Å². The number of phenols is 1. The number of nitrogens with one attached hydrogen (secondary N) is 1. The van der Waals surface area contributed by atoms with Crippen LogP contribution in [0.1, 0.15) is 22.6 Å². The van der Waals surface area contributed by atoms with E-state index in [2.05, 4.69) is 11.4 Å². The molecule has 1 unspecified atom stereocenters. The molecule has 2 N–H and O–H groups in total. The molecule has 2 aromatic rings. The van der Waals surface area contributed by atoms with Crippen molar-refractivity contribution >= 4 is 5.91 Å². The Morgan fingerprint density at radius 1 is 1.15 bits per heavy atom. The zero-order chi connectivity index (χ0) is 13.9. The lowest BCUT2D eigenvalue weighted by Gasteiger charge is -2.28. The number of rotatable bonds is 4. The highest BCUT2D eigenvalue weighted by molar-refractivity contribution is 5.86. The minimum absolute atomic E-state index is 0.0195. The summed E-state index contributed by atoms with van der Waals surface area (Å²) in [4.78, 5) is 12.1. The van der Waals surface area contributed by atoms with E-state index in [1.807, 2.05) is 30.3 Å². The van der Waals surface area contributed by atoms with Crippen LogP contribution < -0.4 is 5.32 Å². The van der Waals surface area contributed by atoms with Gasteiger partial charge in [0.2, 0.25) is 5.91 Å². The number of hydrogen-bond acceptors (Lipinski definition) is 2. The number of fused-ring (bicyclic) bond motifs is 1. The Kier molecular flexibility index (Phi) is 3.42. The summed E-state index contributed by atoms with van der Waals surface area (Å²) in [5, 5.41) is 12.2. The van der Waals surface area contributed by atoms with E-state index in [-0.39, 0.29) is 17.6 Å². The van der Waals surface area contributed by atoms with Crippen LogP contribution in [-0.4, -0.2) is 17.6 Å². The molecule has 1 aliphatic rings. The third-order valence-electron chi connectivity index (χ3n) is 3.82. The van der Waals surface area contributed by atoms with Gasteiger partial charge in [-0.15, -0.1) is 0 Å². The molecule has 3 rings (SSSR count). The normalized spacial score (nSPS) is 16.1. The molecule has 0 saturated carbocycles. The van der Waals surface area contributed by atoms with Crippen LogP contribution >= 0.6 is 0 Å². The van der Waals surface area contributed by atoms with Gasteiger partial charge in [-0.2, -0.15) is 0 Å². The van der Waals surface area contributed by atoms with E-state index in [4.69, 9.17) is 0 Å². The van der Waals surface area contributed by atoms with Crippen LogP contribution in [0.2, 0.25) is 0 Å². The van der Waals surface area contributed by atoms with Crippen LogP contribution in [0, 0.1) is 0 Å². The first-order chi connectivity index (χ1) is 9.74. The number of benzene rings is 2. The lowest BCUT2D eigenvalue weighted by molar-refractivity contribution is -0.123. The van der Waals surface area contributed by atoms with Gasteiger partial charge in [0.05, 0.1) is 5.92 Å². The molecule has 1 amide bonds. The van der Waals surface area contributed by atoms with Crippen molar-refractivity contribution in [2.75, 3.05) is 6.54 Å². The zero-order valence-electron chi connectivity index (χ0n) is 11.2. The summed E-state index contributed by atoms with van der Waals surface area (Å²) in [7, 11) is 0. The monoisotopic (exact) mass is 267 g/mol. The first-order valence-electron chi connectivity index (χ1n) is 6.87. The number of amides is 1. The Labute approximate surface area is 118 Å². The lowest BCUT2D eigenvalue weighted by Crippen LogP contribution is -2.36. The summed E-state index contributed by atoms with van der Waals surface area (Å²) < 4.78 is 0. The van der Waals surface area contributed by atoms with Gasteiger partial charge in [0.15, 0.2) is 0 Å². The summed E-state index contributed by atoms with van der Waals surface area (Å²) in [6.45, 7) is 0.627. The second kappa shape index (κ2) is 5.37. The van der Waals surface area contributed by atoms with Crippen LogP contribution in [0.3, 0.4) is 0 Å². The maximum Gasteiger partial charge on any atom is 0.227 e. The fourth-order valence-electron chi connectivity index (χ4n) is 2.61. The van der Waals surface area contributed by atoms with Crippen LogP contribution in [0.5, 0.6) is 5.75 Å². The van der Waals surface area contributed by atoms with Crippen molar-refractivity contribution in [3.8, 4) is 5.75 Å². The van der Waals surface area contributed by atoms with E-state index in [1.54, 1.807) is 12.1 Å². The van der Waals surface area contributed by atoms with Gasteiger partial charge in [-0.3, -0.25) is 4.79 Å². The Morgan fingerprint density at radius 3 is 2.65 bits per heavy atom. The molecule has 0 heterocycles. The molecule has 3 heteroatoms. The summed E-state index contributed by atoms with van der Waals surface area (Å²) in [6.07, 6.45) is 1.63. The van der Waals surface area contributed by atoms with Crippen LogP contribution in [-0.2, 0) is 17.6 Å². The van der Waals surface area contributed by atoms with Crippen LogP contribution in [0.25, 0.3) is 0 Å².